The van der Waals surface area contributed by atoms with E-state index in [1.165, 1.54) is 13.0 Å². The molecular weight excluding hydrogens is 208 g/mol. The van der Waals surface area contributed by atoms with Crippen molar-refractivity contribution in [2.24, 2.45) is 0 Å². The number of rotatable bonds is 3. The zero-order valence-electron chi connectivity index (χ0n) is 9.87. The number of allylic oxidation sites excluding steroid dienone is 1. The average molecular weight is 224 g/mol. The predicted octanol–water partition coefficient (Wildman–Crippen LogP) is -0.214. The first-order valence-electron chi connectivity index (χ1n) is 4.91. The smallest absolute Gasteiger partial charge is 0.257 e. The van der Waals surface area contributed by atoms with Crippen molar-refractivity contribution in [3.8, 4) is 0 Å². The maximum Gasteiger partial charge on any atom is 0.257 e. The van der Waals surface area contributed by atoms with E-state index < -0.39 is 17.4 Å². The van der Waals surface area contributed by atoms with Gasteiger partial charge in [0.2, 0.25) is 0 Å². The molecule has 1 aliphatic rings. The third-order valence-electron chi connectivity index (χ3n) is 2.46. The van der Waals surface area contributed by atoms with Crippen molar-refractivity contribution in [3.63, 3.8) is 0 Å². The highest BCUT2D eigenvalue weighted by molar-refractivity contribution is 6.25. The van der Waals surface area contributed by atoms with Gasteiger partial charge in [0.05, 0.1) is 5.57 Å². The standard InChI is InChI=1S/C11H16N2O3/c1-7-9(8(14)5-6-13(3)4)10(15)12-11(7,2)16/h5-6,16H,1-4H3,(H,12,15)/b6-5+. The highest BCUT2D eigenvalue weighted by Crippen LogP contribution is 2.24. The van der Waals surface area contributed by atoms with Gasteiger partial charge in [-0.2, -0.15) is 0 Å². The summed E-state index contributed by atoms with van der Waals surface area (Å²) in [6, 6.07) is 0. The Labute approximate surface area is 94.4 Å². The van der Waals surface area contributed by atoms with Gasteiger partial charge < -0.3 is 15.3 Å². The molecule has 0 saturated heterocycles. The van der Waals surface area contributed by atoms with Crippen LogP contribution in [0.3, 0.4) is 0 Å². The summed E-state index contributed by atoms with van der Waals surface area (Å²) in [5.74, 6) is -0.933. The summed E-state index contributed by atoms with van der Waals surface area (Å²) in [6.07, 6.45) is 2.86. The number of aliphatic hydroxyl groups is 1. The molecule has 1 unspecified atom stereocenters. The number of hydrogen-bond acceptors (Lipinski definition) is 4. The molecule has 88 valence electrons. The second kappa shape index (κ2) is 4.09. The highest BCUT2D eigenvalue weighted by atomic mass is 16.3. The SMILES string of the molecule is CC1=C(C(=O)/C=C/N(C)C)C(=O)NC1(C)O. The van der Waals surface area contributed by atoms with Gasteiger partial charge in [-0.15, -0.1) is 0 Å². The Balaban J connectivity index is 3.00. The Hall–Kier alpha value is -1.62. The van der Waals surface area contributed by atoms with Crippen LogP contribution in [0.2, 0.25) is 0 Å². The van der Waals surface area contributed by atoms with E-state index in [2.05, 4.69) is 5.32 Å². The van der Waals surface area contributed by atoms with Gasteiger partial charge in [-0.25, -0.2) is 0 Å². The van der Waals surface area contributed by atoms with Crippen molar-refractivity contribution in [1.29, 1.82) is 0 Å². The van der Waals surface area contributed by atoms with Gasteiger partial charge in [0.15, 0.2) is 11.5 Å². The molecule has 0 aromatic rings. The monoisotopic (exact) mass is 224 g/mol. The third kappa shape index (κ3) is 2.30. The molecule has 5 heteroatoms. The molecule has 1 rings (SSSR count). The fourth-order valence-electron chi connectivity index (χ4n) is 1.39. The lowest BCUT2D eigenvalue weighted by Crippen LogP contribution is -2.40. The zero-order chi connectivity index (χ0) is 12.5. The lowest BCUT2D eigenvalue weighted by Gasteiger charge is -2.17. The van der Waals surface area contributed by atoms with Gasteiger partial charge in [-0.1, -0.05) is 0 Å². The highest BCUT2D eigenvalue weighted by Gasteiger charge is 2.39. The third-order valence-corrected chi connectivity index (χ3v) is 2.46. The molecule has 0 spiro atoms. The van der Waals surface area contributed by atoms with Crippen molar-refractivity contribution < 1.29 is 14.7 Å². The van der Waals surface area contributed by atoms with Gasteiger partial charge >= 0.3 is 0 Å². The van der Waals surface area contributed by atoms with E-state index in [0.29, 0.717) is 5.57 Å². The predicted molar refractivity (Wildman–Crippen MR) is 59.3 cm³/mol. The molecule has 0 saturated carbocycles. The molecule has 5 nitrogen and oxygen atoms in total. The Bertz CT molecular complexity index is 392. The molecular formula is C11H16N2O3. The maximum absolute atomic E-state index is 11.7. The minimum absolute atomic E-state index is 0.0168. The lowest BCUT2D eigenvalue weighted by atomic mass is 10.0. The average Bonchev–Trinajstić information content (AvgIpc) is 2.32. The van der Waals surface area contributed by atoms with Crippen molar-refractivity contribution in [1.82, 2.24) is 10.2 Å². The van der Waals surface area contributed by atoms with Crippen LogP contribution in [-0.2, 0) is 9.59 Å². The minimum Gasteiger partial charge on any atom is -0.383 e. The second-order valence-corrected chi connectivity index (χ2v) is 4.17. The van der Waals surface area contributed by atoms with E-state index in [1.54, 1.807) is 32.1 Å². The number of nitrogens with one attached hydrogen (secondary N) is 1. The summed E-state index contributed by atoms with van der Waals surface area (Å²) in [5.41, 5.74) is -1.05. The number of ketones is 1. The molecule has 0 bridgehead atoms. The van der Waals surface area contributed by atoms with E-state index >= 15 is 0 Å². The van der Waals surface area contributed by atoms with E-state index in [0.717, 1.165) is 0 Å². The van der Waals surface area contributed by atoms with Crippen LogP contribution in [0, 0.1) is 0 Å². The van der Waals surface area contributed by atoms with Crippen molar-refractivity contribution >= 4 is 11.7 Å². The molecule has 1 amide bonds. The maximum atomic E-state index is 11.7. The molecule has 0 aromatic carbocycles. The summed E-state index contributed by atoms with van der Waals surface area (Å²) in [7, 11) is 3.55. The number of hydrogen-bond donors (Lipinski definition) is 2. The Kier molecular flexibility index (Phi) is 3.19. The molecule has 0 fully saturated rings. The van der Waals surface area contributed by atoms with Gasteiger partial charge in [0.1, 0.15) is 0 Å². The fourth-order valence-corrected chi connectivity index (χ4v) is 1.39. The van der Waals surface area contributed by atoms with Gasteiger partial charge in [-0.3, -0.25) is 9.59 Å². The van der Waals surface area contributed by atoms with Crippen LogP contribution < -0.4 is 5.32 Å². The quantitative estimate of drug-likeness (QED) is 0.514. The summed E-state index contributed by atoms with van der Waals surface area (Å²) in [4.78, 5) is 24.9. The zero-order valence-corrected chi connectivity index (χ0v) is 9.87. The molecule has 0 aromatic heterocycles. The molecule has 16 heavy (non-hydrogen) atoms. The number of amides is 1. The van der Waals surface area contributed by atoms with Crippen LogP contribution in [0.1, 0.15) is 13.8 Å². The minimum atomic E-state index is -1.42. The normalized spacial score (nSPS) is 25.2. The van der Waals surface area contributed by atoms with Crippen molar-refractivity contribution in [3.05, 3.63) is 23.4 Å². The van der Waals surface area contributed by atoms with E-state index in [1.807, 2.05) is 0 Å². The molecule has 2 N–H and O–H groups in total. The van der Waals surface area contributed by atoms with Crippen molar-refractivity contribution in [2.75, 3.05) is 14.1 Å². The Morgan fingerprint density at radius 1 is 1.50 bits per heavy atom. The van der Waals surface area contributed by atoms with Crippen LogP contribution in [0.25, 0.3) is 0 Å². The Morgan fingerprint density at radius 2 is 2.06 bits per heavy atom. The molecule has 1 heterocycles. The van der Waals surface area contributed by atoms with Gasteiger partial charge in [-0.05, 0) is 19.4 Å². The molecule has 1 atom stereocenters. The first-order valence-corrected chi connectivity index (χ1v) is 4.91. The largest absolute Gasteiger partial charge is 0.383 e. The van der Waals surface area contributed by atoms with Crippen LogP contribution >= 0.6 is 0 Å². The summed E-state index contributed by atoms with van der Waals surface area (Å²) in [6.45, 7) is 3.00. The first-order chi connectivity index (χ1) is 7.25. The van der Waals surface area contributed by atoms with E-state index in [9.17, 15) is 14.7 Å². The van der Waals surface area contributed by atoms with E-state index in [4.69, 9.17) is 0 Å². The first kappa shape index (κ1) is 12.4. The lowest BCUT2D eigenvalue weighted by molar-refractivity contribution is -0.122. The van der Waals surface area contributed by atoms with Crippen LogP contribution in [0.5, 0.6) is 0 Å². The van der Waals surface area contributed by atoms with Gasteiger partial charge in [0.25, 0.3) is 5.91 Å². The van der Waals surface area contributed by atoms with E-state index in [-0.39, 0.29) is 5.57 Å². The number of nitrogens with zero attached hydrogens (tertiary/aromatic N) is 1. The summed E-state index contributed by atoms with van der Waals surface area (Å²) < 4.78 is 0. The summed E-state index contributed by atoms with van der Waals surface area (Å²) in [5, 5.41) is 12.1. The van der Waals surface area contributed by atoms with Gasteiger partial charge in [0, 0.05) is 26.4 Å². The molecule has 1 aliphatic heterocycles. The molecule has 0 radical (unpaired) electrons. The Morgan fingerprint density at radius 3 is 2.44 bits per heavy atom. The fraction of sp³-hybridized carbons (Fsp3) is 0.455. The molecule has 0 aliphatic carbocycles. The van der Waals surface area contributed by atoms with Crippen LogP contribution in [0.15, 0.2) is 23.4 Å². The van der Waals surface area contributed by atoms with Crippen LogP contribution in [-0.4, -0.2) is 41.5 Å². The number of carbonyl (C=O) groups excluding carboxylic acids is 2. The second-order valence-electron chi connectivity index (χ2n) is 4.17. The number of carbonyl (C=O) groups is 2. The van der Waals surface area contributed by atoms with Crippen LogP contribution in [0.4, 0.5) is 0 Å². The van der Waals surface area contributed by atoms with Crippen molar-refractivity contribution in [2.45, 2.75) is 19.6 Å². The summed E-state index contributed by atoms with van der Waals surface area (Å²) >= 11 is 0. The topological polar surface area (TPSA) is 69.6 Å².